The van der Waals surface area contributed by atoms with Gasteiger partial charge in [-0.15, -0.1) is 0 Å². The highest BCUT2D eigenvalue weighted by atomic mass is 32.1. The number of pyridine rings is 1. The smallest absolute Gasteiger partial charge is 0.358 e. The molecular weight excluding hydrogens is 354 g/mol. The zero-order valence-electron chi connectivity index (χ0n) is 13.2. The summed E-state index contributed by atoms with van der Waals surface area (Å²) in [5, 5.41) is 16.5. The van der Waals surface area contributed by atoms with E-state index in [1.807, 2.05) is 6.07 Å². The first kappa shape index (κ1) is 15.9. The van der Waals surface area contributed by atoms with Gasteiger partial charge in [0, 0.05) is 11.8 Å². The van der Waals surface area contributed by atoms with E-state index in [4.69, 9.17) is 0 Å². The van der Waals surface area contributed by atoms with E-state index in [9.17, 15) is 14.7 Å². The summed E-state index contributed by atoms with van der Waals surface area (Å²) >= 11 is 1.06. The number of rotatable bonds is 4. The van der Waals surface area contributed by atoms with E-state index in [2.05, 4.69) is 20.4 Å². The fourth-order valence-electron chi connectivity index (χ4n) is 2.39. The molecule has 26 heavy (non-hydrogen) atoms. The normalized spacial score (nSPS) is 10.8. The lowest BCUT2D eigenvalue weighted by Gasteiger charge is -2.01. The molecule has 2 N–H and O–H groups in total. The van der Waals surface area contributed by atoms with Crippen LogP contribution < -0.4 is 5.32 Å². The van der Waals surface area contributed by atoms with E-state index in [0.717, 1.165) is 11.3 Å². The minimum atomic E-state index is -1.17. The third kappa shape index (κ3) is 2.80. The van der Waals surface area contributed by atoms with Crippen LogP contribution in [0.4, 0.5) is 5.13 Å². The van der Waals surface area contributed by atoms with Crippen molar-refractivity contribution in [3.8, 4) is 5.82 Å². The Hall–Kier alpha value is -3.59. The molecule has 8 nitrogen and oxygen atoms in total. The number of nitrogens with zero attached hydrogens (tertiary/aromatic N) is 4. The molecule has 3 heterocycles. The Morgan fingerprint density at radius 3 is 2.54 bits per heavy atom. The van der Waals surface area contributed by atoms with E-state index >= 15 is 0 Å². The van der Waals surface area contributed by atoms with Crippen molar-refractivity contribution in [1.82, 2.24) is 19.7 Å². The molecule has 0 aliphatic carbocycles. The maximum absolute atomic E-state index is 12.3. The molecule has 0 radical (unpaired) electrons. The monoisotopic (exact) mass is 365 g/mol. The minimum Gasteiger partial charge on any atom is -0.476 e. The fraction of sp³-hybridized carbons (Fsp3) is 0. The van der Waals surface area contributed by atoms with Crippen LogP contribution in [0.25, 0.3) is 16.2 Å². The summed E-state index contributed by atoms with van der Waals surface area (Å²) in [6.45, 7) is 0. The predicted octanol–water partition coefficient (Wildman–Crippen LogP) is 2.83. The van der Waals surface area contributed by atoms with E-state index in [0.29, 0.717) is 26.9 Å². The maximum atomic E-state index is 12.3. The average molecular weight is 365 g/mol. The zero-order valence-corrected chi connectivity index (χ0v) is 14.0. The summed E-state index contributed by atoms with van der Waals surface area (Å²) in [6, 6.07) is 13.9. The Bertz CT molecular complexity index is 1110. The van der Waals surface area contributed by atoms with Crippen LogP contribution in [0.3, 0.4) is 0 Å². The first-order valence-corrected chi connectivity index (χ1v) is 8.36. The topological polar surface area (TPSA) is 110 Å². The molecule has 0 spiro atoms. The molecule has 9 heteroatoms. The quantitative estimate of drug-likeness (QED) is 0.575. The fourth-order valence-corrected chi connectivity index (χ4v) is 3.31. The molecule has 0 saturated heterocycles. The predicted molar refractivity (Wildman–Crippen MR) is 95.9 cm³/mol. The van der Waals surface area contributed by atoms with Crippen molar-refractivity contribution in [1.29, 1.82) is 0 Å². The SMILES string of the molecule is O=C(Nc1nc2c(s1)c(C(=O)O)nn2-c1ccccn1)c1ccccc1. The van der Waals surface area contributed by atoms with Crippen molar-refractivity contribution in [3.05, 3.63) is 66.0 Å². The van der Waals surface area contributed by atoms with Crippen LogP contribution in [0.5, 0.6) is 0 Å². The third-order valence-electron chi connectivity index (χ3n) is 3.55. The van der Waals surface area contributed by atoms with Crippen LogP contribution in [0.15, 0.2) is 54.7 Å². The molecule has 0 aliphatic rings. The molecular formula is C17H11N5O3S. The van der Waals surface area contributed by atoms with Crippen LogP contribution in [-0.2, 0) is 0 Å². The lowest BCUT2D eigenvalue weighted by molar-refractivity contribution is 0.0692. The van der Waals surface area contributed by atoms with Gasteiger partial charge in [-0.25, -0.2) is 9.78 Å². The number of aromatic carboxylic acids is 1. The van der Waals surface area contributed by atoms with Crippen LogP contribution in [0, 0.1) is 0 Å². The van der Waals surface area contributed by atoms with Gasteiger partial charge in [-0.05, 0) is 24.3 Å². The molecule has 0 saturated carbocycles. The lowest BCUT2D eigenvalue weighted by Crippen LogP contribution is -2.11. The Morgan fingerprint density at radius 1 is 1.08 bits per heavy atom. The molecule has 4 aromatic rings. The van der Waals surface area contributed by atoms with Gasteiger partial charge in [0.15, 0.2) is 22.3 Å². The third-order valence-corrected chi connectivity index (χ3v) is 4.52. The maximum Gasteiger partial charge on any atom is 0.358 e. The first-order valence-electron chi connectivity index (χ1n) is 7.54. The molecule has 0 aliphatic heterocycles. The number of carbonyl (C=O) groups is 2. The van der Waals surface area contributed by atoms with Gasteiger partial charge < -0.3 is 5.11 Å². The number of anilines is 1. The Kier molecular flexibility index (Phi) is 3.90. The van der Waals surface area contributed by atoms with E-state index in [1.165, 1.54) is 4.68 Å². The Labute approximate surface area is 150 Å². The van der Waals surface area contributed by atoms with E-state index in [1.54, 1.807) is 48.7 Å². The number of thiazole rings is 1. The molecule has 1 aromatic carbocycles. The number of hydrogen-bond donors (Lipinski definition) is 2. The molecule has 3 aromatic heterocycles. The highest BCUT2D eigenvalue weighted by Gasteiger charge is 2.23. The second-order valence-electron chi connectivity index (χ2n) is 5.25. The highest BCUT2D eigenvalue weighted by molar-refractivity contribution is 7.22. The summed E-state index contributed by atoms with van der Waals surface area (Å²) in [5.41, 5.74) is 0.675. The van der Waals surface area contributed by atoms with E-state index in [-0.39, 0.29) is 11.6 Å². The van der Waals surface area contributed by atoms with Crippen LogP contribution in [0.2, 0.25) is 0 Å². The van der Waals surface area contributed by atoms with Crippen LogP contribution >= 0.6 is 11.3 Å². The highest BCUT2D eigenvalue weighted by Crippen LogP contribution is 2.30. The molecule has 128 valence electrons. The van der Waals surface area contributed by atoms with Crippen LogP contribution in [-0.4, -0.2) is 36.7 Å². The summed E-state index contributed by atoms with van der Waals surface area (Å²) < 4.78 is 1.72. The zero-order chi connectivity index (χ0) is 18.1. The van der Waals surface area contributed by atoms with Gasteiger partial charge in [0.1, 0.15) is 4.70 Å². The largest absolute Gasteiger partial charge is 0.476 e. The van der Waals surface area contributed by atoms with Crippen molar-refractivity contribution < 1.29 is 14.7 Å². The number of aromatic nitrogens is 4. The number of carboxylic acids is 1. The second-order valence-corrected chi connectivity index (χ2v) is 6.24. The number of hydrogen-bond acceptors (Lipinski definition) is 6. The Balaban J connectivity index is 1.77. The molecule has 0 unspecified atom stereocenters. The molecule has 1 amide bonds. The van der Waals surface area contributed by atoms with Crippen molar-refractivity contribution >= 4 is 38.7 Å². The van der Waals surface area contributed by atoms with Crippen molar-refractivity contribution in [2.75, 3.05) is 5.32 Å². The standard InChI is InChI=1S/C17H11N5O3S/c23-15(10-6-2-1-3-7-10)20-17-19-14-13(26-17)12(16(24)25)21-22(14)11-8-4-5-9-18-11/h1-9H,(H,24,25)(H,19,20,23). The first-order chi connectivity index (χ1) is 12.6. The van der Waals surface area contributed by atoms with Gasteiger partial charge in [-0.3, -0.25) is 10.1 Å². The van der Waals surface area contributed by atoms with E-state index < -0.39 is 5.97 Å². The van der Waals surface area contributed by atoms with Gasteiger partial charge in [-0.1, -0.05) is 35.6 Å². The van der Waals surface area contributed by atoms with Gasteiger partial charge >= 0.3 is 5.97 Å². The summed E-state index contributed by atoms with van der Waals surface area (Å²) in [4.78, 5) is 32.3. The number of fused-ring (bicyclic) bond motifs is 1. The molecule has 4 rings (SSSR count). The number of benzene rings is 1. The Morgan fingerprint density at radius 2 is 1.85 bits per heavy atom. The van der Waals surface area contributed by atoms with Crippen molar-refractivity contribution in [2.24, 2.45) is 0 Å². The number of amides is 1. The molecule has 0 fully saturated rings. The number of carboxylic acid groups (broad SMARTS) is 1. The van der Waals surface area contributed by atoms with Gasteiger partial charge in [0.25, 0.3) is 5.91 Å². The summed E-state index contributed by atoms with van der Waals surface area (Å²) in [6.07, 6.45) is 1.58. The molecule has 0 atom stereocenters. The lowest BCUT2D eigenvalue weighted by atomic mass is 10.2. The van der Waals surface area contributed by atoms with Gasteiger partial charge in [-0.2, -0.15) is 14.8 Å². The van der Waals surface area contributed by atoms with Gasteiger partial charge in [0.2, 0.25) is 0 Å². The van der Waals surface area contributed by atoms with Gasteiger partial charge in [0.05, 0.1) is 0 Å². The molecule has 0 bridgehead atoms. The van der Waals surface area contributed by atoms with Crippen molar-refractivity contribution in [2.45, 2.75) is 0 Å². The average Bonchev–Trinajstić information content (AvgIpc) is 3.21. The summed E-state index contributed by atoms with van der Waals surface area (Å²) in [7, 11) is 0. The van der Waals surface area contributed by atoms with Crippen molar-refractivity contribution in [3.63, 3.8) is 0 Å². The second kappa shape index (κ2) is 6.37. The minimum absolute atomic E-state index is 0.136. The number of nitrogens with one attached hydrogen (secondary N) is 1. The van der Waals surface area contributed by atoms with Crippen LogP contribution in [0.1, 0.15) is 20.8 Å². The summed E-state index contributed by atoms with van der Waals surface area (Å²) in [5.74, 6) is -1.05. The number of carbonyl (C=O) groups excluding carboxylic acids is 1.